The van der Waals surface area contributed by atoms with Gasteiger partial charge in [0, 0.05) is 31.4 Å². The number of nitrogens with zero attached hydrogens (tertiary/aromatic N) is 2. The van der Waals surface area contributed by atoms with E-state index in [2.05, 4.69) is 45.5 Å². The second-order valence-electron chi connectivity index (χ2n) is 7.72. The molecule has 2 heterocycles. The number of pyridine rings is 1. The normalized spacial score (nSPS) is 16.3. The molecule has 1 saturated heterocycles. The van der Waals surface area contributed by atoms with Crippen molar-refractivity contribution in [3.63, 3.8) is 0 Å². The predicted octanol–water partition coefficient (Wildman–Crippen LogP) is 4.17. The van der Waals surface area contributed by atoms with Gasteiger partial charge >= 0.3 is 0 Å². The highest BCUT2D eigenvalue weighted by molar-refractivity contribution is 5.94. The summed E-state index contributed by atoms with van der Waals surface area (Å²) < 4.78 is 5.72. The van der Waals surface area contributed by atoms with Crippen LogP contribution in [-0.2, 0) is 6.42 Å². The molecule has 0 spiro atoms. The van der Waals surface area contributed by atoms with Gasteiger partial charge in [-0.15, -0.1) is 0 Å². The second-order valence-corrected chi connectivity index (χ2v) is 7.72. The number of likely N-dealkylation sites (tertiary alicyclic amines) is 1. The minimum Gasteiger partial charge on any atom is -0.456 e. The third kappa shape index (κ3) is 5.67. The molecule has 1 aliphatic heterocycles. The van der Waals surface area contributed by atoms with Crippen LogP contribution in [0, 0.1) is 5.92 Å². The summed E-state index contributed by atoms with van der Waals surface area (Å²) in [7, 11) is 0. The maximum Gasteiger partial charge on any atom is 0.251 e. The van der Waals surface area contributed by atoms with Crippen LogP contribution >= 0.6 is 0 Å². The molecular weight excluding hydrogens is 374 g/mol. The Labute approximate surface area is 177 Å². The van der Waals surface area contributed by atoms with Crippen molar-refractivity contribution in [2.45, 2.75) is 12.8 Å². The maximum absolute atomic E-state index is 12.5. The number of carbonyl (C=O) groups excluding carboxylic acids is 1. The van der Waals surface area contributed by atoms with E-state index in [1.807, 2.05) is 24.3 Å². The molecule has 1 N–H and O–H groups in total. The summed E-state index contributed by atoms with van der Waals surface area (Å²) in [5.74, 6) is 1.83. The molecule has 2 aromatic carbocycles. The number of hydrogen-bond acceptors (Lipinski definition) is 4. The summed E-state index contributed by atoms with van der Waals surface area (Å²) in [4.78, 5) is 19.0. The first-order valence-corrected chi connectivity index (χ1v) is 10.5. The van der Waals surface area contributed by atoms with Crippen LogP contribution in [0.3, 0.4) is 0 Å². The predicted molar refractivity (Wildman–Crippen MR) is 118 cm³/mol. The van der Waals surface area contributed by atoms with Gasteiger partial charge in [-0.05, 0) is 67.3 Å². The van der Waals surface area contributed by atoms with Crippen LogP contribution in [0.15, 0.2) is 79.1 Å². The van der Waals surface area contributed by atoms with Crippen molar-refractivity contribution >= 4 is 5.91 Å². The minimum atomic E-state index is -0.0364. The molecule has 154 valence electrons. The molecule has 3 aromatic rings. The molecule has 1 atom stereocenters. The summed E-state index contributed by atoms with van der Waals surface area (Å²) in [6.45, 7) is 3.94. The summed E-state index contributed by atoms with van der Waals surface area (Å²) >= 11 is 0. The molecule has 1 aromatic heterocycles. The van der Waals surface area contributed by atoms with Crippen LogP contribution in [0.25, 0.3) is 0 Å². The van der Waals surface area contributed by atoms with Crippen molar-refractivity contribution < 1.29 is 9.53 Å². The molecule has 0 bridgehead atoms. The highest BCUT2D eigenvalue weighted by Crippen LogP contribution is 2.21. The molecule has 1 fully saturated rings. The lowest BCUT2D eigenvalue weighted by Crippen LogP contribution is -2.31. The fourth-order valence-corrected chi connectivity index (χ4v) is 3.77. The Morgan fingerprint density at radius 3 is 2.63 bits per heavy atom. The summed E-state index contributed by atoms with van der Waals surface area (Å²) in [6.07, 6.45) is 5.57. The van der Waals surface area contributed by atoms with Crippen molar-refractivity contribution in [2.75, 3.05) is 26.2 Å². The van der Waals surface area contributed by atoms with Crippen molar-refractivity contribution in [1.29, 1.82) is 0 Å². The summed E-state index contributed by atoms with van der Waals surface area (Å²) in [6, 6.07) is 21.5. The molecule has 5 nitrogen and oxygen atoms in total. The smallest absolute Gasteiger partial charge is 0.251 e. The van der Waals surface area contributed by atoms with Crippen molar-refractivity contribution in [2.24, 2.45) is 5.92 Å². The zero-order chi connectivity index (χ0) is 20.6. The van der Waals surface area contributed by atoms with Gasteiger partial charge in [0.05, 0.1) is 6.20 Å². The molecular formula is C25H27N3O2. The molecule has 30 heavy (non-hydrogen) atoms. The summed E-state index contributed by atoms with van der Waals surface area (Å²) in [5, 5.41) is 3.09. The number of benzene rings is 2. The number of rotatable bonds is 8. The van der Waals surface area contributed by atoms with E-state index >= 15 is 0 Å². The Morgan fingerprint density at radius 1 is 1.03 bits per heavy atom. The molecule has 0 aliphatic carbocycles. The highest BCUT2D eigenvalue weighted by Gasteiger charge is 2.22. The zero-order valence-corrected chi connectivity index (χ0v) is 17.0. The van der Waals surface area contributed by atoms with Gasteiger partial charge in [0.15, 0.2) is 0 Å². The summed E-state index contributed by atoms with van der Waals surface area (Å²) in [5.41, 5.74) is 2.03. The first-order valence-electron chi connectivity index (χ1n) is 10.5. The SMILES string of the molecule is O=C(NCC1CCN(CCc2ccccc2)C1)c1ccc(Oc2cccnc2)cc1. The third-order valence-electron chi connectivity index (χ3n) is 5.47. The molecule has 1 unspecified atom stereocenters. The van der Waals surface area contributed by atoms with Gasteiger partial charge in [-0.2, -0.15) is 0 Å². The lowest BCUT2D eigenvalue weighted by molar-refractivity contribution is 0.0947. The molecule has 4 rings (SSSR count). The van der Waals surface area contributed by atoms with Crippen LogP contribution in [0.4, 0.5) is 0 Å². The van der Waals surface area contributed by atoms with Gasteiger partial charge in [-0.1, -0.05) is 30.3 Å². The topological polar surface area (TPSA) is 54.5 Å². The molecule has 0 saturated carbocycles. The number of aromatic nitrogens is 1. The number of carbonyl (C=O) groups is 1. The van der Waals surface area contributed by atoms with Gasteiger partial charge in [-0.3, -0.25) is 9.78 Å². The van der Waals surface area contributed by atoms with E-state index in [-0.39, 0.29) is 5.91 Å². The quantitative estimate of drug-likeness (QED) is 0.616. The second kappa shape index (κ2) is 10.0. The molecule has 0 radical (unpaired) electrons. The van der Waals surface area contributed by atoms with Gasteiger partial charge in [-0.25, -0.2) is 0 Å². The largest absolute Gasteiger partial charge is 0.456 e. The van der Waals surface area contributed by atoms with Crippen LogP contribution < -0.4 is 10.1 Å². The highest BCUT2D eigenvalue weighted by atomic mass is 16.5. The lowest BCUT2D eigenvalue weighted by Gasteiger charge is -2.16. The number of amides is 1. The van der Waals surface area contributed by atoms with E-state index in [0.717, 1.165) is 32.5 Å². The minimum absolute atomic E-state index is 0.0364. The monoisotopic (exact) mass is 401 g/mol. The van der Waals surface area contributed by atoms with Crippen molar-refractivity contribution in [3.05, 3.63) is 90.3 Å². The average molecular weight is 402 g/mol. The Hall–Kier alpha value is -3.18. The van der Waals surface area contributed by atoms with E-state index in [0.29, 0.717) is 29.5 Å². The van der Waals surface area contributed by atoms with E-state index < -0.39 is 0 Å². The fourth-order valence-electron chi connectivity index (χ4n) is 3.77. The number of nitrogens with one attached hydrogen (secondary N) is 1. The third-order valence-corrected chi connectivity index (χ3v) is 5.47. The fraction of sp³-hybridized carbons (Fsp3) is 0.280. The van der Waals surface area contributed by atoms with Gasteiger partial charge in [0.25, 0.3) is 5.91 Å². The zero-order valence-electron chi connectivity index (χ0n) is 17.0. The first kappa shape index (κ1) is 20.1. The average Bonchev–Trinajstić information content (AvgIpc) is 3.26. The Kier molecular flexibility index (Phi) is 6.72. The Morgan fingerprint density at radius 2 is 1.87 bits per heavy atom. The van der Waals surface area contributed by atoms with Gasteiger partial charge in [0.2, 0.25) is 0 Å². The van der Waals surface area contributed by atoms with E-state index in [9.17, 15) is 4.79 Å². The molecule has 5 heteroatoms. The first-order chi connectivity index (χ1) is 14.8. The van der Waals surface area contributed by atoms with Crippen LogP contribution in [0.1, 0.15) is 22.3 Å². The van der Waals surface area contributed by atoms with E-state index in [1.165, 1.54) is 5.56 Å². The standard InChI is InChI=1S/C25H27N3O2/c29-25(22-8-10-23(11-9-22)30-24-7-4-14-26-18-24)27-17-21-13-16-28(19-21)15-12-20-5-2-1-3-6-20/h1-11,14,18,21H,12-13,15-17,19H2,(H,27,29). The van der Waals surface area contributed by atoms with Gasteiger partial charge in [0.1, 0.15) is 11.5 Å². The van der Waals surface area contributed by atoms with Crippen molar-refractivity contribution in [3.8, 4) is 11.5 Å². The van der Waals surface area contributed by atoms with Gasteiger partial charge < -0.3 is 15.0 Å². The van der Waals surface area contributed by atoms with Crippen molar-refractivity contribution in [1.82, 2.24) is 15.2 Å². The van der Waals surface area contributed by atoms with Crippen LogP contribution in [-0.4, -0.2) is 42.0 Å². The Balaban J connectivity index is 1.20. The van der Waals surface area contributed by atoms with E-state index in [1.54, 1.807) is 24.5 Å². The lowest BCUT2D eigenvalue weighted by atomic mass is 10.1. The maximum atomic E-state index is 12.5. The molecule has 1 amide bonds. The number of hydrogen-bond donors (Lipinski definition) is 1. The van der Waals surface area contributed by atoms with E-state index in [4.69, 9.17) is 4.74 Å². The van der Waals surface area contributed by atoms with Crippen LogP contribution in [0.5, 0.6) is 11.5 Å². The Bertz CT molecular complexity index is 930. The number of ether oxygens (including phenoxy) is 1. The molecule has 1 aliphatic rings. The van der Waals surface area contributed by atoms with Crippen LogP contribution in [0.2, 0.25) is 0 Å².